The molecule has 2 N–H and O–H groups in total. The van der Waals surface area contributed by atoms with Crippen LogP contribution >= 0.6 is 24.0 Å². The molecule has 1 saturated heterocycles. The van der Waals surface area contributed by atoms with Crippen molar-refractivity contribution in [3.63, 3.8) is 0 Å². The maximum Gasteiger partial charge on any atom is 0.234 e. The molecule has 2 fully saturated rings. The second-order valence-corrected chi connectivity index (χ2v) is 8.15. The number of guanidine groups is 1. The van der Waals surface area contributed by atoms with E-state index in [0.29, 0.717) is 13.1 Å². The smallest absolute Gasteiger partial charge is 0.234 e. The molecule has 0 spiro atoms. The molecule has 1 saturated carbocycles. The topological polar surface area (TPSA) is 60.0 Å². The number of piperazine rings is 1. The van der Waals surface area contributed by atoms with Crippen LogP contribution in [0.4, 0.5) is 4.39 Å². The van der Waals surface area contributed by atoms with Gasteiger partial charge in [0.2, 0.25) is 5.91 Å². The highest BCUT2D eigenvalue weighted by molar-refractivity contribution is 14.0. The van der Waals surface area contributed by atoms with Crippen molar-refractivity contribution in [1.82, 2.24) is 20.4 Å². The number of aliphatic imine (C=N–C) groups is 1. The summed E-state index contributed by atoms with van der Waals surface area (Å²) in [5, 5.41) is 6.40. The van der Waals surface area contributed by atoms with Crippen LogP contribution < -0.4 is 10.6 Å². The third-order valence-electron chi connectivity index (χ3n) is 5.58. The SMILES string of the molecule is CN=C(NCC1(c2ccccc2F)CC1)N1CCN(CC(=O)NC(C)C)CC1.I. The van der Waals surface area contributed by atoms with Gasteiger partial charge in [-0.25, -0.2) is 4.39 Å². The molecule has 1 heterocycles. The van der Waals surface area contributed by atoms with Crippen molar-refractivity contribution in [1.29, 1.82) is 0 Å². The van der Waals surface area contributed by atoms with Crippen LogP contribution in [-0.2, 0) is 10.2 Å². The van der Waals surface area contributed by atoms with Crippen LogP contribution in [0.3, 0.4) is 0 Å². The largest absolute Gasteiger partial charge is 0.355 e. The van der Waals surface area contributed by atoms with E-state index in [0.717, 1.165) is 50.5 Å². The highest BCUT2D eigenvalue weighted by atomic mass is 127. The van der Waals surface area contributed by atoms with E-state index in [1.165, 1.54) is 0 Å². The monoisotopic (exact) mass is 517 g/mol. The summed E-state index contributed by atoms with van der Waals surface area (Å²) in [6.07, 6.45) is 1.99. The number of carbonyl (C=O) groups is 1. The lowest BCUT2D eigenvalue weighted by Crippen LogP contribution is -2.54. The van der Waals surface area contributed by atoms with Crippen LogP contribution in [0.25, 0.3) is 0 Å². The molecule has 1 aromatic carbocycles. The Morgan fingerprint density at radius 1 is 1.21 bits per heavy atom. The summed E-state index contributed by atoms with van der Waals surface area (Å²) in [4.78, 5) is 20.8. The Kier molecular flexibility index (Phi) is 8.69. The van der Waals surface area contributed by atoms with Gasteiger partial charge in [-0.2, -0.15) is 0 Å². The molecule has 1 aliphatic heterocycles. The van der Waals surface area contributed by atoms with E-state index in [9.17, 15) is 9.18 Å². The zero-order valence-corrected chi connectivity index (χ0v) is 19.9. The number of hydrogen-bond acceptors (Lipinski definition) is 3. The first-order valence-corrected chi connectivity index (χ1v) is 10.2. The van der Waals surface area contributed by atoms with Gasteiger partial charge in [0.1, 0.15) is 5.82 Å². The van der Waals surface area contributed by atoms with E-state index < -0.39 is 0 Å². The lowest BCUT2D eigenvalue weighted by Gasteiger charge is -2.36. The normalized spacial score (nSPS) is 18.9. The van der Waals surface area contributed by atoms with E-state index >= 15 is 0 Å². The minimum Gasteiger partial charge on any atom is -0.355 e. The fraction of sp³-hybridized carbons (Fsp3) is 0.619. The molecule has 3 rings (SSSR count). The predicted octanol–water partition coefficient (Wildman–Crippen LogP) is 2.19. The number of carbonyl (C=O) groups excluding carboxylic acids is 1. The van der Waals surface area contributed by atoms with Crippen molar-refractivity contribution in [2.75, 3.05) is 46.3 Å². The number of halogens is 2. The van der Waals surface area contributed by atoms with Gasteiger partial charge in [0.15, 0.2) is 5.96 Å². The molecule has 1 amide bonds. The van der Waals surface area contributed by atoms with Crippen LogP contribution in [0.1, 0.15) is 32.3 Å². The van der Waals surface area contributed by atoms with Crippen LogP contribution in [0.5, 0.6) is 0 Å². The number of amides is 1. The number of nitrogens with zero attached hydrogens (tertiary/aromatic N) is 3. The summed E-state index contributed by atoms with van der Waals surface area (Å²) in [6, 6.07) is 7.25. The first-order chi connectivity index (χ1) is 13.4. The van der Waals surface area contributed by atoms with Gasteiger partial charge in [0.05, 0.1) is 6.54 Å². The molecular weight excluding hydrogens is 484 g/mol. The van der Waals surface area contributed by atoms with Gasteiger partial charge >= 0.3 is 0 Å². The van der Waals surface area contributed by atoms with Gasteiger partial charge < -0.3 is 15.5 Å². The van der Waals surface area contributed by atoms with Crippen LogP contribution in [0.15, 0.2) is 29.3 Å². The van der Waals surface area contributed by atoms with Crippen molar-refractivity contribution in [2.24, 2.45) is 4.99 Å². The van der Waals surface area contributed by atoms with Crippen molar-refractivity contribution in [2.45, 2.75) is 38.1 Å². The molecule has 0 bridgehead atoms. The Labute approximate surface area is 190 Å². The molecule has 0 atom stereocenters. The summed E-state index contributed by atoms with van der Waals surface area (Å²) in [7, 11) is 1.79. The van der Waals surface area contributed by atoms with E-state index in [1.807, 2.05) is 26.0 Å². The molecule has 6 nitrogen and oxygen atoms in total. The maximum atomic E-state index is 14.2. The maximum absolute atomic E-state index is 14.2. The Bertz CT molecular complexity index is 715. The second kappa shape index (κ2) is 10.6. The van der Waals surface area contributed by atoms with Crippen molar-refractivity contribution < 1.29 is 9.18 Å². The van der Waals surface area contributed by atoms with Gasteiger partial charge in [-0.05, 0) is 38.3 Å². The number of rotatable bonds is 6. The summed E-state index contributed by atoms with van der Waals surface area (Å²) in [5.74, 6) is 0.811. The van der Waals surface area contributed by atoms with Crippen molar-refractivity contribution in [3.8, 4) is 0 Å². The number of benzene rings is 1. The molecular formula is C21H33FIN5O. The van der Waals surface area contributed by atoms with E-state index in [4.69, 9.17) is 0 Å². The first kappa shape index (κ1) is 23.9. The fourth-order valence-electron chi connectivity index (χ4n) is 3.85. The minimum absolute atomic E-state index is 0. The summed E-state index contributed by atoms with van der Waals surface area (Å²) >= 11 is 0. The van der Waals surface area contributed by atoms with Crippen LogP contribution in [0.2, 0.25) is 0 Å². The molecule has 8 heteroatoms. The van der Waals surface area contributed by atoms with Gasteiger partial charge in [0, 0.05) is 51.2 Å². The van der Waals surface area contributed by atoms with Gasteiger partial charge in [0.25, 0.3) is 0 Å². The van der Waals surface area contributed by atoms with E-state index in [2.05, 4.69) is 25.4 Å². The van der Waals surface area contributed by atoms with Gasteiger partial charge in [-0.1, -0.05) is 18.2 Å². The molecule has 2 aliphatic rings. The van der Waals surface area contributed by atoms with Crippen LogP contribution in [0, 0.1) is 5.82 Å². The average Bonchev–Trinajstić information content (AvgIpc) is 3.44. The summed E-state index contributed by atoms with van der Waals surface area (Å²) < 4.78 is 14.2. The minimum atomic E-state index is -0.120. The van der Waals surface area contributed by atoms with E-state index in [1.54, 1.807) is 19.2 Å². The zero-order valence-electron chi connectivity index (χ0n) is 17.6. The van der Waals surface area contributed by atoms with Gasteiger partial charge in [-0.3, -0.25) is 14.7 Å². The Hall–Kier alpha value is -1.42. The zero-order chi connectivity index (χ0) is 20.1. The number of nitrogens with one attached hydrogen (secondary N) is 2. The molecule has 0 aromatic heterocycles. The Balaban J connectivity index is 0.00000300. The molecule has 0 unspecified atom stereocenters. The number of hydrogen-bond donors (Lipinski definition) is 2. The molecule has 1 aliphatic carbocycles. The Morgan fingerprint density at radius 3 is 2.41 bits per heavy atom. The second-order valence-electron chi connectivity index (χ2n) is 8.15. The molecule has 0 radical (unpaired) electrons. The fourth-order valence-corrected chi connectivity index (χ4v) is 3.85. The highest BCUT2D eigenvalue weighted by Crippen LogP contribution is 2.48. The standard InChI is InChI=1S/C21H32FN5O.HI/c1-16(2)25-19(28)14-26-10-12-27(13-11-26)20(23-3)24-15-21(8-9-21)17-6-4-5-7-18(17)22;/h4-7,16H,8-15H2,1-3H3,(H,23,24)(H,25,28);1H. The highest BCUT2D eigenvalue weighted by Gasteiger charge is 2.46. The Morgan fingerprint density at radius 2 is 1.86 bits per heavy atom. The predicted molar refractivity (Wildman–Crippen MR) is 125 cm³/mol. The lowest BCUT2D eigenvalue weighted by molar-refractivity contribution is -0.123. The van der Waals surface area contributed by atoms with E-state index in [-0.39, 0.29) is 47.2 Å². The lowest BCUT2D eigenvalue weighted by atomic mass is 9.95. The first-order valence-electron chi connectivity index (χ1n) is 10.2. The third-order valence-corrected chi connectivity index (χ3v) is 5.58. The van der Waals surface area contributed by atoms with Crippen molar-refractivity contribution >= 4 is 35.8 Å². The summed E-state index contributed by atoms with van der Waals surface area (Å²) in [6.45, 7) is 8.36. The van der Waals surface area contributed by atoms with Crippen molar-refractivity contribution in [3.05, 3.63) is 35.6 Å². The molecule has 162 valence electrons. The average molecular weight is 517 g/mol. The molecule has 29 heavy (non-hydrogen) atoms. The van der Waals surface area contributed by atoms with Crippen LogP contribution in [-0.4, -0.2) is 74.0 Å². The summed E-state index contributed by atoms with van der Waals surface area (Å²) in [5.41, 5.74) is 0.692. The van der Waals surface area contributed by atoms with Gasteiger partial charge in [-0.15, -0.1) is 24.0 Å². The quantitative estimate of drug-likeness (QED) is 0.345. The molecule has 1 aromatic rings. The third kappa shape index (κ3) is 6.28.